The Balaban J connectivity index is 2.51. The quantitative estimate of drug-likeness (QED) is 0.684. The lowest BCUT2D eigenvalue weighted by molar-refractivity contribution is 0.0534. The van der Waals surface area contributed by atoms with Gasteiger partial charge in [-0.25, -0.2) is 4.79 Å². The second-order valence-electron chi connectivity index (χ2n) is 6.49. The molecular formula is C17H25NO2Si. The van der Waals surface area contributed by atoms with Crippen molar-refractivity contribution in [1.82, 2.24) is 5.32 Å². The van der Waals surface area contributed by atoms with Crippen LogP contribution in [0.2, 0.25) is 13.1 Å². The molecular weight excluding hydrogens is 278 g/mol. The molecule has 0 aliphatic heterocycles. The zero-order valence-corrected chi connectivity index (χ0v) is 14.6. The van der Waals surface area contributed by atoms with Crippen LogP contribution in [0.1, 0.15) is 20.8 Å². The van der Waals surface area contributed by atoms with Crippen molar-refractivity contribution in [3.8, 4) is 0 Å². The van der Waals surface area contributed by atoms with Crippen molar-refractivity contribution in [2.75, 3.05) is 6.54 Å². The van der Waals surface area contributed by atoms with E-state index in [4.69, 9.17) is 4.74 Å². The maximum Gasteiger partial charge on any atom is 0.407 e. The molecule has 4 heteroatoms. The number of rotatable bonds is 4. The number of hydrogen-bond donors (Lipinski definition) is 1. The highest BCUT2D eigenvalue weighted by Gasteiger charge is 2.19. The molecule has 1 amide bonds. The maximum absolute atomic E-state index is 11.5. The second-order valence-corrected chi connectivity index (χ2v) is 10.8. The van der Waals surface area contributed by atoms with E-state index in [9.17, 15) is 4.79 Å². The summed E-state index contributed by atoms with van der Waals surface area (Å²) in [6.45, 7) is 10.5. The second kappa shape index (κ2) is 7.30. The Hall–Kier alpha value is -1.77. The van der Waals surface area contributed by atoms with Crippen LogP contribution in [-0.4, -0.2) is 26.3 Å². The van der Waals surface area contributed by atoms with E-state index in [1.54, 1.807) is 0 Å². The van der Waals surface area contributed by atoms with E-state index in [2.05, 4.69) is 54.1 Å². The summed E-state index contributed by atoms with van der Waals surface area (Å²) in [5, 5.41) is 4.05. The number of carbonyl (C=O) groups excluding carboxylic acids is 1. The highest BCUT2D eigenvalue weighted by Crippen LogP contribution is 2.06. The fourth-order valence-electron chi connectivity index (χ4n) is 1.73. The topological polar surface area (TPSA) is 38.3 Å². The Bertz CT molecular complexity index is 523. The van der Waals surface area contributed by atoms with Crippen LogP contribution in [0.25, 0.3) is 0 Å². The molecule has 0 unspecified atom stereocenters. The Morgan fingerprint density at radius 1 is 1.29 bits per heavy atom. The minimum atomic E-state index is -1.61. The van der Waals surface area contributed by atoms with Gasteiger partial charge < -0.3 is 10.1 Å². The zero-order valence-electron chi connectivity index (χ0n) is 13.6. The third-order valence-corrected chi connectivity index (χ3v) is 5.54. The van der Waals surface area contributed by atoms with Gasteiger partial charge in [0.05, 0.1) is 0 Å². The molecule has 0 aliphatic carbocycles. The number of alkyl carbamates (subject to hydrolysis) is 1. The number of carbonyl (C=O) groups is 1. The molecule has 1 rings (SSSR count). The van der Waals surface area contributed by atoms with Gasteiger partial charge in [-0.05, 0) is 32.5 Å². The highest BCUT2D eigenvalue weighted by atomic mass is 28.3. The molecule has 3 nitrogen and oxygen atoms in total. The van der Waals surface area contributed by atoms with Crippen LogP contribution in [-0.2, 0) is 4.74 Å². The van der Waals surface area contributed by atoms with Crippen molar-refractivity contribution in [1.29, 1.82) is 0 Å². The van der Waals surface area contributed by atoms with Gasteiger partial charge in [0.2, 0.25) is 0 Å². The Kier molecular flexibility index (Phi) is 6.00. The SMILES string of the molecule is CC(C)(C)OC(=O)NCC=C=C[Si](C)(C)c1ccccc1. The first-order valence-electron chi connectivity index (χ1n) is 7.15. The van der Waals surface area contributed by atoms with E-state index >= 15 is 0 Å². The van der Waals surface area contributed by atoms with E-state index in [1.165, 1.54) is 5.19 Å². The molecule has 0 radical (unpaired) electrons. The Morgan fingerprint density at radius 3 is 2.48 bits per heavy atom. The number of amides is 1. The number of hydrogen-bond acceptors (Lipinski definition) is 2. The van der Waals surface area contributed by atoms with Crippen LogP contribution in [0.15, 0.2) is 47.8 Å². The zero-order chi connectivity index (χ0) is 15.9. The normalized spacial score (nSPS) is 11.3. The molecule has 1 aromatic rings. The summed E-state index contributed by atoms with van der Waals surface area (Å²) in [4.78, 5) is 11.5. The summed E-state index contributed by atoms with van der Waals surface area (Å²) < 4.78 is 5.16. The molecule has 0 atom stereocenters. The van der Waals surface area contributed by atoms with Gasteiger partial charge in [-0.15, -0.1) is 5.73 Å². The van der Waals surface area contributed by atoms with Crippen LogP contribution >= 0.6 is 0 Å². The predicted octanol–water partition coefficient (Wildman–Crippen LogP) is 3.38. The fraction of sp³-hybridized carbons (Fsp3) is 0.412. The van der Waals surface area contributed by atoms with Gasteiger partial charge in [-0.3, -0.25) is 0 Å². The van der Waals surface area contributed by atoms with Gasteiger partial charge >= 0.3 is 6.09 Å². The first-order valence-corrected chi connectivity index (χ1v) is 10.2. The van der Waals surface area contributed by atoms with E-state index < -0.39 is 19.8 Å². The van der Waals surface area contributed by atoms with Gasteiger partial charge in [0.1, 0.15) is 13.7 Å². The van der Waals surface area contributed by atoms with Crippen LogP contribution < -0.4 is 10.5 Å². The number of nitrogens with one attached hydrogen (secondary N) is 1. The molecule has 114 valence electrons. The summed E-state index contributed by atoms with van der Waals surface area (Å²) in [6.07, 6.45) is 1.42. The van der Waals surface area contributed by atoms with E-state index in [-0.39, 0.29) is 0 Å². The van der Waals surface area contributed by atoms with E-state index in [1.807, 2.05) is 32.9 Å². The summed E-state index contributed by atoms with van der Waals surface area (Å²) in [6, 6.07) is 10.5. The lowest BCUT2D eigenvalue weighted by atomic mass is 10.2. The van der Waals surface area contributed by atoms with Crippen molar-refractivity contribution in [3.05, 3.63) is 47.8 Å². The van der Waals surface area contributed by atoms with Crippen molar-refractivity contribution in [2.24, 2.45) is 0 Å². The van der Waals surface area contributed by atoms with E-state index in [0.29, 0.717) is 6.54 Å². The van der Waals surface area contributed by atoms with Crippen molar-refractivity contribution < 1.29 is 9.53 Å². The largest absolute Gasteiger partial charge is 0.444 e. The minimum absolute atomic E-state index is 0.403. The standard InChI is InChI=1S/C17H25NO2Si/c1-17(2,3)20-16(19)18-13-9-10-14-21(4,5)15-11-7-6-8-12-15/h6-9,11-12,14H,13H2,1-5H3,(H,18,19). The third kappa shape index (κ3) is 6.98. The molecule has 0 saturated heterocycles. The molecule has 0 fully saturated rings. The van der Waals surface area contributed by atoms with Gasteiger partial charge in [0, 0.05) is 6.54 Å². The Labute approximate surface area is 128 Å². The molecule has 1 aromatic carbocycles. The molecule has 0 heterocycles. The molecule has 0 bridgehead atoms. The molecule has 0 aromatic heterocycles. The van der Waals surface area contributed by atoms with Crippen LogP contribution in [0.4, 0.5) is 4.79 Å². The lowest BCUT2D eigenvalue weighted by Crippen LogP contribution is -2.39. The monoisotopic (exact) mass is 303 g/mol. The molecule has 0 aliphatic rings. The summed E-state index contributed by atoms with van der Waals surface area (Å²) >= 11 is 0. The molecule has 0 saturated carbocycles. The maximum atomic E-state index is 11.5. The van der Waals surface area contributed by atoms with Gasteiger partial charge in [-0.2, -0.15) is 0 Å². The van der Waals surface area contributed by atoms with Crippen LogP contribution in [0.3, 0.4) is 0 Å². The molecule has 1 N–H and O–H groups in total. The smallest absolute Gasteiger partial charge is 0.407 e. The summed E-state index contributed by atoms with van der Waals surface area (Å²) in [5.41, 5.74) is 4.86. The first kappa shape index (κ1) is 17.3. The fourth-order valence-corrected chi connectivity index (χ4v) is 3.48. The number of ether oxygens (including phenoxy) is 1. The highest BCUT2D eigenvalue weighted by molar-refractivity contribution is 6.93. The van der Waals surface area contributed by atoms with Crippen LogP contribution in [0.5, 0.6) is 0 Å². The average molecular weight is 303 g/mol. The van der Waals surface area contributed by atoms with Crippen molar-refractivity contribution in [3.63, 3.8) is 0 Å². The summed E-state index contributed by atoms with van der Waals surface area (Å²) in [7, 11) is -1.61. The van der Waals surface area contributed by atoms with Crippen molar-refractivity contribution >= 4 is 19.4 Å². The number of benzene rings is 1. The minimum Gasteiger partial charge on any atom is -0.444 e. The lowest BCUT2D eigenvalue weighted by Gasteiger charge is -2.19. The average Bonchev–Trinajstić information content (AvgIpc) is 2.37. The first-order chi connectivity index (χ1) is 9.71. The predicted molar refractivity (Wildman–Crippen MR) is 90.4 cm³/mol. The molecule has 21 heavy (non-hydrogen) atoms. The summed E-state index contributed by atoms with van der Waals surface area (Å²) in [5.74, 6) is 0. The van der Waals surface area contributed by atoms with Crippen LogP contribution in [0, 0.1) is 0 Å². The van der Waals surface area contributed by atoms with Gasteiger partial charge in [0.15, 0.2) is 0 Å². The Morgan fingerprint density at radius 2 is 1.90 bits per heavy atom. The van der Waals surface area contributed by atoms with E-state index in [0.717, 1.165) is 0 Å². The van der Waals surface area contributed by atoms with Gasteiger partial charge in [-0.1, -0.05) is 48.6 Å². The molecule has 0 spiro atoms. The van der Waals surface area contributed by atoms with Crippen molar-refractivity contribution in [2.45, 2.75) is 39.5 Å². The van der Waals surface area contributed by atoms with Gasteiger partial charge in [0.25, 0.3) is 0 Å². The third-order valence-electron chi connectivity index (χ3n) is 2.83.